The first kappa shape index (κ1) is 13.7. The van der Waals surface area contributed by atoms with Crippen molar-refractivity contribution in [3.05, 3.63) is 34.9 Å². The van der Waals surface area contributed by atoms with E-state index in [1.807, 2.05) is 36.9 Å². The summed E-state index contributed by atoms with van der Waals surface area (Å²) in [6.45, 7) is 6.09. The van der Waals surface area contributed by atoms with Crippen molar-refractivity contribution in [2.75, 3.05) is 26.2 Å². The topological polar surface area (TPSA) is 49.4 Å². The molecule has 1 aromatic rings. The first-order valence-electron chi connectivity index (χ1n) is 6.66. The van der Waals surface area contributed by atoms with Gasteiger partial charge in [0.2, 0.25) is 5.91 Å². The van der Waals surface area contributed by atoms with Gasteiger partial charge in [-0.25, -0.2) is 0 Å². The zero-order valence-corrected chi connectivity index (χ0v) is 11.5. The molecule has 2 rings (SSSR count). The van der Waals surface area contributed by atoms with Crippen molar-refractivity contribution < 1.29 is 9.59 Å². The van der Waals surface area contributed by atoms with Gasteiger partial charge in [-0.1, -0.05) is 23.8 Å². The second-order valence-electron chi connectivity index (χ2n) is 5.16. The van der Waals surface area contributed by atoms with E-state index in [4.69, 9.17) is 0 Å². The molecule has 1 fully saturated rings. The van der Waals surface area contributed by atoms with E-state index in [0.29, 0.717) is 19.6 Å². The third-order valence-electron chi connectivity index (χ3n) is 3.39. The highest BCUT2D eigenvalue weighted by Crippen LogP contribution is 2.12. The molecule has 0 atom stereocenters. The molecule has 1 N–H and O–H groups in total. The standard InChI is InChI=1S/C15H20N2O2/c1-11-4-5-13(12(2)8-11)14(18)9-17-7-3-6-16-15(19)10-17/h4-5,8H,3,6-7,9-10H2,1-2H3,(H,16,19). The van der Waals surface area contributed by atoms with Crippen molar-refractivity contribution in [3.8, 4) is 0 Å². The van der Waals surface area contributed by atoms with Crippen LogP contribution < -0.4 is 5.32 Å². The SMILES string of the molecule is Cc1ccc(C(=O)CN2CCCNC(=O)C2)c(C)c1. The molecule has 0 aliphatic carbocycles. The van der Waals surface area contributed by atoms with Gasteiger partial charge in [-0.3, -0.25) is 14.5 Å². The molecule has 1 heterocycles. The molecule has 1 saturated heterocycles. The van der Waals surface area contributed by atoms with Crippen molar-refractivity contribution in [1.29, 1.82) is 0 Å². The molecule has 1 aromatic carbocycles. The van der Waals surface area contributed by atoms with Crippen molar-refractivity contribution in [1.82, 2.24) is 10.2 Å². The summed E-state index contributed by atoms with van der Waals surface area (Å²) in [5.74, 6) is 0.0955. The Morgan fingerprint density at radius 3 is 2.89 bits per heavy atom. The number of Topliss-reactive ketones (excluding diaryl/α,β-unsaturated/α-hetero) is 1. The number of carbonyl (C=O) groups excluding carboxylic acids is 2. The predicted molar refractivity (Wildman–Crippen MR) is 74.3 cm³/mol. The number of hydrogen-bond donors (Lipinski definition) is 1. The Kier molecular flexibility index (Phi) is 4.32. The molecule has 1 aliphatic heterocycles. The molecule has 0 aromatic heterocycles. The van der Waals surface area contributed by atoms with Gasteiger partial charge in [-0.05, 0) is 25.8 Å². The van der Waals surface area contributed by atoms with E-state index in [-0.39, 0.29) is 11.7 Å². The number of nitrogens with zero attached hydrogens (tertiary/aromatic N) is 1. The fraction of sp³-hybridized carbons (Fsp3) is 0.467. The van der Waals surface area contributed by atoms with Crippen LogP contribution in [0.2, 0.25) is 0 Å². The van der Waals surface area contributed by atoms with Crippen molar-refractivity contribution >= 4 is 11.7 Å². The summed E-state index contributed by atoms with van der Waals surface area (Å²) in [7, 11) is 0. The maximum atomic E-state index is 12.3. The number of carbonyl (C=O) groups is 2. The number of benzene rings is 1. The highest BCUT2D eigenvalue weighted by molar-refractivity contribution is 5.99. The number of ketones is 1. The van der Waals surface area contributed by atoms with E-state index in [1.165, 1.54) is 0 Å². The van der Waals surface area contributed by atoms with Crippen LogP contribution in [0.3, 0.4) is 0 Å². The van der Waals surface area contributed by atoms with Crippen LogP contribution in [0.4, 0.5) is 0 Å². The predicted octanol–water partition coefficient (Wildman–Crippen LogP) is 1.31. The molecule has 19 heavy (non-hydrogen) atoms. The third kappa shape index (κ3) is 3.64. The molecule has 0 bridgehead atoms. The normalized spacial score (nSPS) is 16.8. The van der Waals surface area contributed by atoms with Gasteiger partial charge in [0.15, 0.2) is 5.78 Å². The Morgan fingerprint density at radius 1 is 1.37 bits per heavy atom. The molecule has 0 radical (unpaired) electrons. The quantitative estimate of drug-likeness (QED) is 0.834. The van der Waals surface area contributed by atoms with Gasteiger partial charge >= 0.3 is 0 Å². The first-order chi connectivity index (χ1) is 9.06. The van der Waals surface area contributed by atoms with Crippen LogP contribution in [0.25, 0.3) is 0 Å². The lowest BCUT2D eigenvalue weighted by Crippen LogP contribution is -2.36. The highest BCUT2D eigenvalue weighted by Gasteiger charge is 2.18. The van der Waals surface area contributed by atoms with Gasteiger partial charge in [0, 0.05) is 18.7 Å². The van der Waals surface area contributed by atoms with E-state index in [1.54, 1.807) is 0 Å². The van der Waals surface area contributed by atoms with Crippen molar-refractivity contribution in [2.45, 2.75) is 20.3 Å². The fourth-order valence-corrected chi connectivity index (χ4v) is 2.42. The van der Waals surface area contributed by atoms with Crippen LogP contribution >= 0.6 is 0 Å². The summed E-state index contributed by atoms with van der Waals surface area (Å²) in [4.78, 5) is 25.7. The molecule has 1 amide bonds. The molecule has 4 nitrogen and oxygen atoms in total. The Hall–Kier alpha value is -1.68. The first-order valence-corrected chi connectivity index (χ1v) is 6.66. The number of hydrogen-bond acceptors (Lipinski definition) is 3. The molecule has 0 saturated carbocycles. The number of rotatable bonds is 3. The summed E-state index contributed by atoms with van der Waals surface area (Å²) in [6, 6.07) is 5.85. The summed E-state index contributed by atoms with van der Waals surface area (Å²) in [6.07, 6.45) is 0.895. The lowest BCUT2D eigenvalue weighted by molar-refractivity contribution is -0.121. The van der Waals surface area contributed by atoms with Crippen LogP contribution in [-0.4, -0.2) is 42.8 Å². The van der Waals surface area contributed by atoms with Crippen molar-refractivity contribution in [3.63, 3.8) is 0 Å². The Morgan fingerprint density at radius 2 is 2.16 bits per heavy atom. The lowest BCUT2D eigenvalue weighted by atomic mass is 10.0. The van der Waals surface area contributed by atoms with E-state index in [9.17, 15) is 9.59 Å². The third-order valence-corrected chi connectivity index (χ3v) is 3.39. The minimum absolute atomic E-state index is 0.00549. The summed E-state index contributed by atoms with van der Waals surface area (Å²) >= 11 is 0. The Bertz CT molecular complexity index is 497. The monoisotopic (exact) mass is 260 g/mol. The molecule has 1 aliphatic rings. The van der Waals surface area contributed by atoms with Gasteiger partial charge in [-0.15, -0.1) is 0 Å². The maximum absolute atomic E-state index is 12.3. The summed E-state index contributed by atoms with van der Waals surface area (Å²) in [5, 5.41) is 2.81. The van der Waals surface area contributed by atoms with E-state index < -0.39 is 0 Å². The number of nitrogens with one attached hydrogen (secondary N) is 1. The van der Waals surface area contributed by atoms with E-state index >= 15 is 0 Å². The smallest absolute Gasteiger partial charge is 0.234 e. The van der Waals surface area contributed by atoms with Gasteiger partial charge in [0.1, 0.15) is 0 Å². The van der Waals surface area contributed by atoms with Crippen LogP contribution in [-0.2, 0) is 4.79 Å². The van der Waals surface area contributed by atoms with Crippen LogP contribution in [0, 0.1) is 13.8 Å². The fourth-order valence-electron chi connectivity index (χ4n) is 2.42. The van der Waals surface area contributed by atoms with E-state index in [2.05, 4.69) is 5.32 Å². The van der Waals surface area contributed by atoms with Gasteiger partial charge in [-0.2, -0.15) is 0 Å². The molecule has 102 valence electrons. The van der Waals surface area contributed by atoms with Crippen LogP contribution in [0.1, 0.15) is 27.9 Å². The average Bonchev–Trinajstić information content (AvgIpc) is 2.53. The Balaban J connectivity index is 2.05. The second kappa shape index (κ2) is 5.97. The minimum atomic E-state index is 0.00549. The molecular weight excluding hydrogens is 240 g/mol. The van der Waals surface area contributed by atoms with Gasteiger partial charge in [0.05, 0.1) is 13.1 Å². The summed E-state index contributed by atoms with van der Waals surface area (Å²) < 4.78 is 0. The maximum Gasteiger partial charge on any atom is 0.234 e. The van der Waals surface area contributed by atoms with Crippen molar-refractivity contribution in [2.24, 2.45) is 0 Å². The van der Waals surface area contributed by atoms with E-state index in [0.717, 1.165) is 29.7 Å². The lowest BCUT2D eigenvalue weighted by Gasteiger charge is -2.18. The minimum Gasteiger partial charge on any atom is -0.355 e. The van der Waals surface area contributed by atoms with Gasteiger partial charge in [0.25, 0.3) is 0 Å². The second-order valence-corrected chi connectivity index (χ2v) is 5.16. The average molecular weight is 260 g/mol. The summed E-state index contributed by atoms with van der Waals surface area (Å²) in [5.41, 5.74) is 2.92. The zero-order chi connectivity index (χ0) is 13.8. The molecule has 0 unspecified atom stereocenters. The number of amides is 1. The Labute approximate surface area is 113 Å². The zero-order valence-electron chi connectivity index (χ0n) is 11.5. The molecular formula is C15H20N2O2. The largest absolute Gasteiger partial charge is 0.355 e. The van der Waals surface area contributed by atoms with Gasteiger partial charge < -0.3 is 5.32 Å². The molecule has 4 heteroatoms. The molecule has 0 spiro atoms. The highest BCUT2D eigenvalue weighted by atomic mass is 16.2. The van der Waals surface area contributed by atoms with Crippen LogP contribution in [0.5, 0.6) is 0 Å². The van der Waals surface area contributed by atoms with Crippen LogP contribution in [0.15, 0.2) is 18.2 Å². The number of aryl methyl sites for hydroxylation is 2.